The summed E-state index contributed by atoms with van der Waals surface area (Å²) >= 11 is 0. The SMILES string of the molecule is CCC(CC(CC)N(C)C(=O)c1ccccc1)C1C=CC(C)(C)C(C(=O)O)C1(C)C. The van der Waals surface area contributed by atoms with Gasteiger partial charge in [-0.3, -0.25) is 9.59 Å². The summed E-state index contributed by atoms with van der Waals surface area (Å²) in [5.74, 6) is -0.660. The van der Waals surface area contributed by atoms with Gasteiger partial charge >= 0.3 is 5.97 Å². The predicted molar refractivity (Wildman–Crippen MR) is 122 cm³/mol. The van der Waals surface area contributed by atoms with Crippen molar-refractivity contribution in [1.82, 2.24) is 4.90 Å². The second-order valence-corrected chi connectivity index (χ2v) is 10.0. The number of benzene rings is 1. The fraction of sp³-hybridized carbons (Fsp3) is 0.615. The highest BCUT2D eigenvalue weighted by molar-refractivity contribution is 5.94. The Kier molecular flexibility index (Phi) is 7.54. The monoisotopic (exact) mass is 413 g/mol. The molecule has 166 valence electrons. The van der Waals surface area contributed by atoms with Crippen molar-refractivity contribution in [3.8, 4) is 0 Å². The van der Waals surface area contributed by atoms with Gasteiger partial charge in [0.05, 0.1) is 5.92 Å². The molecule has 1 aromatic carbocycles. The van der Waals surface area contributed by atoms with Crippen molar-refractivity contribution in [3.63, 3.8) is 0 Å². The maximum atomic E-state index is 13.0. The highest BCUT2D eigenvalue weighted by atomic mass is 16.4. The number of carbonyl (C=O) groups excluding carboxylic acids is 1. The molecule has 4 nitrogen and oxygen atoms in total. The Bertz CT molecular complexity index is 766. The van der Waals surface area contributed by atoms with E-state index >= 15 is 0 Å². The van der Waals surface area contributed by atoms with Crippen molar-refractivity contribution in [2.75, 3.05) is 7.05 Å². The number of amides is 1. The lowest BCUT2D eigenvalue weighted by atomic mass is 9.53. The summed E-state index contributed by atoms with van der Waals surface area (Å²) in [7, 11) is 1.89. The number of carboxylic acids is 1. The smallest absolute Gasteiger partial charge is 0.307 e. The van der Waals surface area contributed by atoms with Crippen LogP contribution in [-0.2, 0) is 4.79 Å². The van der Waals surface area contributed by atoms with E-state index in [4.69, 9.17) is 0 Å². The minimum atomic E-state index is -0.724. The third kappa shape index (κ3) is 4.79. The minimum Gasteiger partial charge on any atom is -0.481 e. The van der Waals surface area contributed by atoms with Crippen molar-refractivity contribution in [3.05, 3.63) is 48.0 Å². The highest BCUT2D eigenvalue weighted by Crippen LogP contribution is 2.53. The molecule has 1 amide bonds. The van der Waals surface area contributed by atoms with Crippen molar-refractivity contribution >= 4 is 11.9 Å². The highest BCUT2D eigenvalue weighted by Gasteiger charge is 2.52. The zero-order valence-electron chi connectivity index (χ0n) is 19.7. The van der Waals surface area contributed by atoms with Gasteiger partial charge in [-0.05, 0) is 47.6 Å². The molecule has 1 aromatic rings. The average Bonchev–Trinajstić information content (AvgIpc) is 2.68. The summed E-state index contributed by atoms with van der Waals surface area (Å²) < 4.78 is 0. The first-order valence-corrected chi connectivity index (χ1v) is 11.2. The second-order valence-electron chi connectivity index (χ2n) is 10.0. The first kappa shape index (κ1) is 24.2. The number of carbonyl (C=O) groups is 2. The zero-order chi connectivity index (χ0) is 22.7. The lowest BCUT2D eigenvalue weighted by molar-refractivity contribution is -0.154. The van der Waals surface area contributed by atoms with Crippen LogP contribution in [-0.4, -0.2) is 35.0 Å². The summed E-state index contributed by atoms with van der Waals surface area (Å²) in [6.45, 7) is 12.5. The van der Waals surface area contributed by atoms with E-state index in [2.05, 4.69) is 39.8 Å². The molecule has 1 aliphatic carbocycles. The van der Waals surface area contributed by atoms with Crippen LogP contribution in [0.4, 0.5) is 0 Å². The van der Waals surface area contributed by atoms with E-state index in [-0.39, 0.29) is 28.7 Å². The molecular weight excluding hydrogens is 374 g/mol. The fourth-order valence-electron chi connectivity index (χ4n) is 5.71. The van der Waals surface area contributed by atoms with Crippen molar-refractivity contribution in [2.24, 2.45) is 28.6 Å². The molecule has 1 aliphatic rings. The maximum Gasteiger partial charge on any atom is 0.307 e. The molecular formula is C26H39NO3. The standard InChI is InChI=1S/C26H39NO3/c1-8-18(21-15-16-25(3,4)22(24(29)30)26(21,5)6)17-20(9-2)27(7)23(28)19-13-11-10-12-14-19/h10-16,18,20-22H,8-9,17H2,1-7H3,(H,29,30). The third-order valence-corrected chi connectivity index (χ3v) is 7.29. The van der Waals surface area contributed by atoms with E-state index in [9.17, 15) is 14.7 Å². The molecule has 0 heterocycles. The van der Waals surface area contributed by atoms with Crippen LogP contribution >= 0.6 is 0 Å². The normalized spacial score (nSPS) is 24.1. The summed E-state index contributed by atoms with van der Waals surface area (Å²) in [5.41, 5.74) is -0.0450. The molecule has 0 aliphatic heterocycles. The minimum absolute atomic E-state index is 0.0419. The van der Waals surface area contributed by atoms with Crippen molar-refractivity contribution in [1.29, 1.82) is 0 Å². The van der Waals surface area contributed by atoms with Gasteiger partial charge in [0, 0.05) is 18.7 Å². The summed E-state index contributed by atoms with van der Waals surface area (Å²) in [4.78, 5) is 27.0. The van der Waals surface area contributed by atoms with Gasteiger partial charge < -0.3 is 10.0 Å². The van der Waals surface area contributed by atoms with Crippen molar-refractivity contribution < 1.29 is 14.7 Å². The van der Waals surface area contributed by atoms with Gasteiger partial charge in [0.25, 0.3) is 5.91 Å². The molecule has 4 atom stereocenters. The molecule has 0 bridgehead atoms. The Balaban J connectivity index is 2.28. The lowest BCUT2D eigenvalue weighted by Gasteiger charge is -2.50. The Morgan fingerprint density at radius 2 is 1.67 bits per heavy atom. The van der Waals surface area contributed by atoms with Crippen LogP contribution in [0.15, 0.2) is 42.5 Å². The average molecular weight is 414 g/mol. The zero-order valence-corrected chi connectivity index (χ0v) is 19.7. The lowest BCUT2D eigenvalue weighted by Crippen LogP contribution is -2.50. The molecule has 0 saturated carbocycles. The van der Waals surface area contributed by atoms with Gasteiger partial charge in [-0.25, -0.2) is 0 Å². The molecule has 0 saturated heterocycles. The molecule has 30 heavy (non-hydrogen) atoms. The molecule has 1 N–H and O–H groups in total. The van der Waals surface area contributed by atoms with Gasteiger partial charge in [-0.2, -0.15) is 0 Å². The molecule has 2 rings (SSSR count). The largest absolute Gasteiger partial charge is 0.481 e. The van der Waals surface area contributed by atoms with Crippen LogP contribution in [0.3, 0.4) is 0 Å². The van der Waals surface area contributed by atoms with Crippen LogP contribution < -0.4 is 0 Å². The summed E-state index contributed by atoms with van der Waals surface area (Å²) in [6.07, 6.45) is 7.04. The van der Waals surface area contributed by atoms with E-state index in [1.807, 2.05) is 56.1 Å². The van der Waals surface area contributed by atoms with E-state index in [1.165, 1.54) is 0 Å². The Morgan fingerprint density at radius 3 is 2.17 bits per heavy atom. The van der Waals surface area contributed by atoms with E-state index < -0.39 is 11.9 Å². The maximum absolute atomic E-state index is 13.0. The number of aliphatic carboxylic acids is 1. The molecule has 4 unspecified atom stereocenters. The van der Waals surface area contributed by atoms with E-state index in [0.29, 0.717) is 11.5 Å². The molecule has 0 radical (unpaired) electrons. The molecule has 0 aromatic heterocycles. The first-order valence-electron chi connectivity index (χ1n) is 11.2. The number of hydrogen-bond acceptors (Lipinski definition) is 2. The number of allylic oxidation sites excluding steroid dienone is 2. The van der Waals surface area contributed by atoms with E-state index in [0.717, 1.165) is 19.3 Å². The quantitative estimate of drug-likeness (QED) is 0.540. The fourth-order valence-corrected chi connectivity index (χ4v) is 5.71. The van der Waals surface area contributed by atoms with Crippen molar-refractivity contribution in [2.45, 2.75) is 66.8 Å². The van der Waals surface area contributed by atoms with Gasteiger partial charge in [0.1, 0.15) is 0 Å². The second kappa shape index (κ2) is 9.36. The van der Waals surface area contributed by atoms with Gasteiger partial charge in [-0.15, -0.1) is 0 Å². The van der Waals surface area contributed by atoms with Crippen LogP contribution in [0, 0.1) is 28.6 Å². The Labute approximate surface area is 182 Å². The van der Waals surface area contributed by atoms with Gasteiger partial charge in [0.2, 0.25) is 0 Å². The summed E-state index contributed by atoms with van der Waals surface area (Å²) in [6, 6.07) is 9.52. The predicted octanol–water partition coefficient (Wildman–Crippen LogP) is 5.89. The third-order valence-electron chi connectivity index (χ3n) is 7.29. The molecule has 4 heteroatoms. The van der Waals surface area contributed by atoms with Gasteiger partial charge in [-0.1, -0.05) is 78.3 Å². The number of hydrogen-bond donors (Lipinski definition) is 1. The van der Waals surface area contributed by atoms with Crippen LogP contribution in [0.2, 0.25) is 0 Å². The van der Waals surface area contributed by atoms with Gasteiger partial charge in [0.15, 0.2) is 0 Å². The van der Waals surface area contributed by atoms with Crippen LogP contribution in [0.25, 0.3) is 0 Å². The van der Waals surface area contributed by atoms with Crippen LogP contribution in [0.1, 0.15) is 71.2 Å². The topological polar surface area (TPSA) is 57.6 Å². The first-order chi connectivity index (χ1) is 14.0. The Hall–Kier alpha value is -2.10. The number of rotatable bonds is 8. The number of carboxylic acid groups (broad SMARTS) is 1. The number of nitrogens with zero attached hydrogens (tertiary/aromatic N) is 1. The van der Waals surface area contributed by atoms with E-state index in [1.54, 1.807) is 0 Å². The summed E-state index contributed by atoms with van der Waals surface area (Å²) in [5, 5.41) is 10.0. The van der Waals surface area contributed by atoms with Crippen LogP contribution in [0.5, 0.6) is 0 Å². The molecule has 0 fully saturated rings. The Morgan fingerprint density at radius 1 is 1.07 bits per heavy atom. The molecule has 0 spiro atoms.